The number of rotatable bonds is 0. The largest absolute Gasteiger partial charge is 0.287 e. The van der Waals surface area contributed by atoms with Crippen LogP contribution in [0.3, 0.4) is 0 Å². The molecule has 0 saturated carbocycles. The molecule has 0 aliphatic carbocycles. The zero-order valence-corrected chi connectivity index (χ0v) is 5.76. The lowest BCUT2D eigenvalue weighted by molar-refractivity contribution is -0.108. The first-order valence-electron chi connectivity index (χ1n) is 3.31. The van der Waals surface area contributed by atoms with Crippen LogP contribution in [0.15, 0.2) is 22.3 Å². The zero-order chi connectivity index (χ0) is 7.84. The van der Waals surface area contributed by atoms with Crippen molar-refractivity contribution >= 4 is 28.3 Å². The van der Waals surface area contributed by atoms with Crippen LogP contribution in [0.2, 0.25) is 0 Å². The van der Waals surface area contributed by atoms with Gasteiger partial charge in [-0.2, -0.15) is 0 Å². The molecule has 1 atom stereocenters. The van der Waals surface area contributed by atoms with Crippen LogP contribution in [-0.4, -0.2) is 22.4 Å². The van der Waals surface area contributed by atoms with Gasteiger partial charge in [0.2, 0.25) is 5.78 Å². The van der Waals surface area contributed by atoms with Gasteiger partial charge in [0.1, 0.15) is 10.8 Å². The SMILES string of the molecule is [2H]C1N=C2C(=O)C=CN=C2S1. The van der Waals surface area contributed by atoms with Crippen molar-refractivity contribution in [3.8, 4) is 0 Å². The van der Waals surface area contributed by atoms with Crippen molar-refractivity contribution in [3.05, 3.63) is 12.3 Å². The lowest BCUT2D eigenvalue weighted by Crippen LogP contribution is -2.18. The summed E-state index contributed by atoms with van der Waals surface area (Å²) in [6, 6.07) is 0. The Morgan fingerprint density at radius 3 is 3.50 bits per heavy atom. The van der Waals surface area contributed by atoms with Crippen molar-refractivity contribution in [2.75, 3.05) is 5.85 Å². The van der Waals surface area contributed by atoms with Gasteiger partial charge in [-0.15, -0.1) is 0 Å². The third-order valence-corrected chi connectivity index (χ3v) is 1.93. The minimum atomic E-state index is -0.604. The van der Waals surface area contributed by atoms with Crippen LogP contribution in [0.1, 0.15) is 1.37 Å². The Balaban J connectivity index is 2.44. The molecule has 1 unspecified atom stereocenters. The predicted molar refractivity (Wildman–Crippen MR) is 41.5 cm³/mol. The van der Waals surface area contributed by atoms with E-state index in [0.29, 0.717) is 10.8 Å². The van der Waals surface area contributed by atoms with Crippen molar-refractivity contribution in [3.63, 3.8) is 0 Å². The van der Waals surface area contributed by atoms with E-state index < -0.39 is 5.85 Å². The zero-order valence-electron chi connectivity index (χ0n) is 5.94. The van der Waals surface area contributed by atoms with Crippen LogP contribution < -0.4 is 0 Å². The van der Waals surface area contributed by atoms with Crippen molar-refractivity contribution in [1.29, 1.82) is 0 Å². The van der Waals surface area contributed by atoms with Crippen LogP contribution >= 0.6 is 11.8 Å². The smallest absolute Gasteiger partial charge is 0.208 e. The summed E-state index contributed by atoms with van der Waals surface area (Å²) in [5, 5.41) is 0.581. The fourth-order valence-corrected chi connectivity index (χ4v) is 1.40. The second kappa shape index (κ2) is 2.05. The van der Waals surface area contributed by atoms with Crippen LogP contribution in [0.4, 0.5) is 0 Å². The van der Waals surface area contributed by atoms with E-state index in [4.69, 9.17) is 1.37 Å². The number of hydrogen-bond donors (Lipinski definition) is 0. The normalized spacial score (nSPS) is 31.0. The number of hydrogen-bond acceptors (Lipinski definition) is 4. The summed E-state index contributed by atoms with van der Waals surface area (Å²) in [5.41, 5.74) is 0.345. The van der Waals surface area contributed by atoms with Crippen molar-refractivity contribution in [2.24, 2.45) is 9.98 Å². The van der Waals surface area contributed by atoms with Crippen LogP contribution in [0, 0.1) is 0 Å². The van der Waals surface area contributed by atoms with Gasteiger partial charge < -0.3 is 0 Å². The standard InChI is InChI=1S/C6H4N2OS/c9-4-1-2-7-6-5(4)8-3-10-6/h1-2H,3H2/i3D. The van der Waals surface area contributed by atoms with Gasteiger partial charge >= 0.3 is 0 Å². The molecule has 2 heterocycles. The second-order valence-electron chi connectivity index (χ2n) is 1.82. The Morgan fingerprint density at radius 2 is 2.70 bits per heavy atom. The van der Waals surface area contributed by atoms with Crippen molar-refractivity contribution in [1.82, 2.24) is 0 Å². The summed E-state index contributed by atoms with van der Waals surface area (Å²) in [6.45, 7) is 0. The molecule has 0 saturated heterocycles. The molecule has 50 valence electrons. The van der Waals surface area contributed by atoms with Crippen molar-refractivity contribution in [2.45, 2.75) is 0 Å². The number of allylic oxidation sites excluding steroid dienone is 1. The molecule has 0 bridgehead atoms. The number of aliphatic imine (C=N–C) groups is 2. The first-order valence-corrected chi connectivity index (χ1v) is 3.61. The molecule has 0 N–H and O–H groups in total. The molecule has 2 aliphatic heterocycles. The highest BCUT2D eigenvalue weighted by Gasteiger charge is 2.22. The Kier molecular flexibility index (Phi) is 0.995. The maximum absolute atomic E-state index is 11.0. The second-order valence-corrected chi connectivity index (χ2v) is 2.65. The van der Waals surface area contributed by atoms with E-state index in [1.54, 1.807) is 0 Å². The van der Waals surface area contributed by atoms with Gasteiger partial charge in [-0.25, -0.2) is 4.99 Å². The highest BCUT2D eigenvalue weighted by molar-refractivity contribution is 8.16. The number of carbonyl (C=O) groups excluding carboxylic acids is 1. The predicted octanol–water partition coefficient (Wildman–Crippen LogP) is 0.627. The number of ketones is 1. The van der Waals surface area contributed by atoms with Gasteiger partial charge in [-0.05, 0) is 0 Å². The summed E-state index contributed by atoms with van der Waals surface area (Å²) in [5.74, 6) is -0.746. The summed E-state index contributed by atoms with van der Waals surface area (Å²) >= 11 is 1.19. The monoisotopic (exact) mass is 153 g/mol. The van der Waals surface area contributed by atoms with Gasteiger partial charge in [-0.3, -0.25) is 9.79 Å². The maximum Gasteiger partial charge on any atom is 0.208 e. The summed E-state index contributed by atoms with van der Waals surface area (Å²) < 4.78 is 7.23. The highest BCUT2D eigenvalue weighted by Crippen LogP contribution is 2.17. The fourth-order valence-electron chi connectivity index (χ4n) is 0.752. The Bertz CT molecular complexity index is 308. The lowest BCUT2D eigenvalue weighted by Gasteiger charge is -1.98. The number of carbonyl (C=O) groups is 1. The van der Waals surface area contributed by atoms with E-state index >= 15 is 0 Å². The molecule has 2 rings (SSSR count). The number of fused-ring (bicyclic) bond motifs is 1. The highest BCUT2D eigenvalue weighted by atomic mass is 32.2. The van der Waals surface area contributed by atoms with E-state index in [1.807, 2.05) is 0 Å². The Labute approximate surface area is 63.3 Å². The van der Waals surface area contributed by atoms with E-state index in [-0.39, 0.29) is 5.78 Å². The summed E-state index contributed by atoms with van der Waals surface area (Å²) in [7, 11) is 0. The topological polar surface area (TPSA) is 41.8 Å². The Morgan fingerprint density at radius 1 is 1.80 bits per heavy atom. The quantitative estimate of drug-likeness (QED) is 0.512. The minimum absolute atomic E-state index is 0.141. The molecule has 0 aromatic rings. The molecule has 0 spiro atoms. The lowest BCUT2D eigenvalue weighted by atomic mass is 10.2. The van der Waals surface area contributed by atoms with Crippen LogP contribution in [0.25, 0.3) is 0 Å². The van der Waals surface area contributed by atoms with Crippen LogP contribution in [-0.2, 0) is 4.79 Å². The van der Waals surface area contributed by atoms with E-state index in [0.717, 1.165) is 0 Å². The molecule has 10 heavy (non-hydrogen) atoms. The molecule has 0 aromatic carbocycles. The number of nitrogens with zero attached hydrogens (tertiary/aromatic N) is 2. The maximum atomic E-state index is 11.0. The summed E-state index contributed by atoms with van der Waals surface area (Å²) in [4.78, 5) is 18.8. The first kappa shape index (κ1) is 4.85. The average Bonchev–Trinajstić information content (AvgIpc) is 2.31. The third kappa shape index (κ3) is 0.724. The van der Waals surface area contributed by atoms with E-state index in [9.17, 15) is 4.79 Å². The van der Waals surface area contributed by atoms with Gasteiger partial charge in [-0.1, -0.05) is 11.8 Å². The van der Waals surface area contributed by atoms with Crippen LogP contribution in [0.5, 0.6) is 0 Å². The van der Waals surface area contributed by atoms with E-state index in [1.165, 1.54) is 24.0 Å². The van der Waals surface area contributed by atoms with Gasteiger partial charge in [0.15, 0.2) is 0 Å². The van der Waals surface area contributed by atoms with Gasteiger partial charge in [0.05, 0.1) is 7.22 Å². The van der Waals surface area contributed by atoms with Gasteiger partial charge in [0, 0.05) is 12.3 Å². The third-order valence-electron chi connectivity index (χ3n) is 1.20. The first-order chi connectivity index (χ1) is 5.27. The summed E-state index contributed by atoms with van der Waals surface area (Å²) in [6.07, 6.45) is 2.81. The molecule has 2 aliphatic rings. The number of thioether (sulfide) groups is 1. The molecule has 4 heteroatoms. The molecular weight excluding hydrogens is 148 g/mol. The van der Waals surface area contributed by atoms with Gasteiger partial charge in [0.25, 0.3) is 0 Å². The minimum Gasteiger partial charge on any atom is -0.287 e. The van der Waals surface area contributed by atoms with Crippen molar-refractivity contribution < 1.29 is 6.17 Å². The molecular formula is C6H4N2OS. The average molecular weight is 153 g/mol. The Hall–Kier alpha value is -0.900. The molecule has 0 aromatic heterocycles. The van der Waals surface area contributed by atoms with E-state index in [2.05, 4.69) is 9.98 Å². The molecule has 0 amide bonds. The molecule has 0 radical (unpaired) electrons. The molecule has 3 nitrogen and oxygen atoms in total. The fraction of sp³-hybridized carbons (Fsp3) is 0.167. The molecule has 0 fully saturated rings.